The van der Waals surface area contributed by atoms with Gasteiger partial charge < -0.3 is 5.73 Å². The van der Waals surface area contributed by atoms with Gasteiger partial charge >= 0.3 is 0 Å². The zero-order valence-corrected chi connectivity index (χ0v) is 8.13. The summed E-state index contributed by atoms with van der Waals surface area (Å²) in [5.41, 5.74) is 5.95. The van der Waals surface area contributed by atoms with E-state index in [1.807, 2.05) is 0 Å². The second-order valence-corrected chi connectivity index (χ2v) is 3.09. The SMILES string of the molecule is C#Cc1c(N)c([N+](=O)[O-])cc(C)c1Cl. The van der Waals surface area contributed by atoms with Crippen LogP contribution in [0.3, 0.4) is 0 Å². The van der Waals surface area contributed by atoms with Crippen LogP contribution in [0.2, 0.25) is 5.02 Å². The fourth-order valence-electron chi connectivity index (χ4n) is 1.08. The predicted molar refractivity (Wildman–Crippen MR) is 55.2 cm³/mol. The maximum atomic E-state index is 10.6. The first-order valence-corrected chi connectivity index (χ1v) is 4.06. The third-order valence-corrected chi connectivity index (χ3v) is 2.29. The van der Waals surface area contributed by atoms with Gasteiger partial charge in [-0.3, -0.25) is 10.1 Å². The average Bonchev–Trinajstić information content (AvgIpc) is 2.12. The number of nitrogens with two attached hydrogens (primary N) is 1. The van der Waals surface area contributed by atoms with Crippen LogP contribution >= 0.6 is 11.6 Å². The van der Waals surface area contributed by atoms with Crippen molar-refractivity contribution in [3.63, 3.8) is 0 Å². The molecule has 5 heteroatoms. The fourth-order valence-corrected chi connectivity index (χ4v) is 1.29. The maximum Gasteiger partial charge on any atom is 0.293 e. The van der Waals surface area contributed by atoms with E-state index in [1.54, 1.807) is 6.92 Å². The van der Waals surface area contributed by atoms with Gasteiger partial charge in [-0.25, -0.2) is 0 Å². The molecule has 14 heavy (non-hydrogen) atoms. The number of nitrogen functional groups attached to an aromatic ring is 1. The van der Waals surface area contributed by atoms with Crippen LogP contribution in [0.1, 0.15) is 11.1 Å². The molecule has 0 saturated heterocycles. The number of rotatable bonds is 1. The smallest absolute Gasteiger partial charge is 0.293 e. The highest BCUT2D eigenvalue weighted by molar-refractivity contribution is 6.33. The number of nitro groups is 1. The molecule has 0 bridgehead atoms. The molecule has 1 rings (SSSR count). The van der Waals surface area contributed by atoms with Crippen LogP contribution in [0.25, 0.3) is 0 Å². The van der Waals surface area contributed by atoms with E-state index >= 15 is 0 Å². The number of nitrogens with zero attached hydrogens (tertiary/aromatic N) is 1. The Kier molecular flexibility index (Phi) is 2.63. The normalized spacial score (nSPS) is 9.50. The third-order valence-electron chi connectivity index (χ3n) is 1.81. The molecule has 0 fully saturated rings. The summed E-state index contributed by atoms with van der Waals surface area (Å²) in [6.07, 6.45) is 5.15. The lowest BCUT2D eigenvalue weighted by molar-refractivity contribution is -0.383. The summed E-state index contributed by atoms with van der Waals surface area (Å²) >= 11 is 5.83. The summed E-state index contributed by atoms with van der Waals surface area (Å²) < 4.78 is 0. The van der Waals surface area contributed by atoms with E-state index in [4.69, 9.17) is 23.8 Å². The van der Waals surface area contributed by atoms with Gasteiger partial charge in [0.2, 0.25) is 0 Å². The molecule has 0 unspecified atom stereocenters. The van der Waals surface area contributed by atoms with Crippen molar-refractivity contribution in [2.45, 2.75) is 6.92 Å². The van der Waals surface area contributed by atoms with E-state index in [9.17, 15) is 10.1 Å². The lowest BCUT2D eigenvalue weighted by Crippen LogP contribution is -2.00. The van der Waals surface area contributed by atoms with Gasteiger partial charge in [-0.15, -0.1) is 6.42 Å². The van der Waals surface area contributed by atoms with Crippen LogP contribution in [0.4, 0.5) is 11.4 Å². The first kappa shape index (κ1) is 10.4. The molecule has 0 aliphatic heterocycles. The van der Waals surface area contributed by atoms with Crippen LogP contribution < -0.4 is 5.73 Å². The van der Waals surface area contributed by atoms with E-state index in [1.165, 1.54) is 6.07 Å². The Bertz CT molecular complexity index is 449. The number of halogens is 1. The molecule has 0 atom stereocenters. The first-order valence-electron chi connectivity index (χ1n) is 3.68. The van der Waals surface area contributed by atoms with Crippen molar-refractivity contribution in [1.29, 1.82) is 0 Å². The molecule has 0 aliphatic rings. The molecule has 2 N–H and O–H groups in total. The highest BCUT2D eigenvalue weighted by Crippen LogP contribution is 2.33. The molecule has 1 aromatic carbocycles. The van der Waals surface area contributed by atoms with Gasteiger partial charge in [0.15, 0.2) is 0 Å². The van der Waals surface area contributed by atoms with E-state index in [0.717, 1.165) is 0 Å². The standard InChI is InChI=1S/C9H7ClN2O2/c1-3-6-8(10)5(2)4-7(9(6)11)12(13)14/h1,4H,11H2,2H3. The number of nitro benzene ring substituents is 1. The molecule has 0 amide bonds. The lowest BCUT2D eigenvalue weighted by Gasteiger charge is -2.05. The summed E-state index contributed by atoms with van der Waals surface area (Å²) in [5.74, 6) is 2.24. The van der Waals surface area contributed by atoms with Crippen molar-refractivity contribution >= 4 is 23.0 Å². The Morgan fingerprint density at radius 1 is 1.71 bits per heavy atom. The largest absolute Gasteiger partial charge is 0.392 e. The Hall–Kier alpha value is -1.73. The molecule has 0 spiro atoms. The fraction of sp³-hybridized carbons (Fsp3) is 0.111. The topological polar surface area (TPSA) is 69.2 Å². The van der Waals surface area contributed by atoms with Gasteiger partial charge in [-0.05, 0) is 12.5 Å². The predicted octanol–water partition coefficient (Wildman–Crippen LogP) is 2.12. The zero-order chi connectivity index (χ0) is 10.9. The summed E-state index contributed by atoms with van der Waals surface area (Å²) in [6.45, 7) is 1.63. The molecule has 0 radical (unpaired) electrons. The summed E-state index contributed by atoms with van der Waals surface area (Å²) in [5, 5.41) is 10.9. The summed E-state index contributed by atoms with van der Waals surface area (Å²) in [7, 11) is 0. The van der Waals surface area contributed by atoms with Crippen molar-refractivity contribution in [3.05, 3.63) is 32.3 Å². The quantitative estimate of drug-likeness (QED) is 0.334. The molecule has 0 aliphatic carbocycles. The minimum absolute atomic E-state index is 0.0619. The second-order valence-electron chi connectivity index (χ2n) is 2.72. The maximum absolute atomic E-state index is 10.6. The van der Waals surface area contributed by atoms with Crippen LogP contribution in [0.5, 0.6) is 0 Å². The molecule has 0 heterocycles. The van der Waals surface area contributed by atoms with Crippen molar-refractivity contribution in [1.82, 2.24) is 0 Å². The van der Waals surface area contributed by atoms with Gasteiger partial charge in [-0.1, -0.05) is 17.5 Å². The van der Waals surface area contributed by atoms with Gasteiger partial charge in [0.1, 0.15) is 5.69 Å². The highest BCUT2D eigenvalue weighted by Gasteiger charge is 2.18. The number of hydrogen-bond acceptors (Lipinski definition) is 3. The van der Waals surface area contributed by atoms with Crippen LogP contribution in [-0.2, 0) is 0 Å². The molecule has 4 nitrogen and oxygen atoms in total. The van der Waals surface area contributed by atoms with E-state index in [-0.39, 0.29) is 22.0 Å². The van der Waals surface area contributed by atoms with E-state index < -0.39 is 4.92 Å². The molecule has 0 aromatic heterocycles. The Labute approximate surface area is 85.8 Å². The molecular formula is C9H7ClN2O2. The third kappa shape index (κ3) is 1.50. The number of hydrogen-bond donors (Lipinski definition) is 1. The van der Waals surface area contributed by atoms with Gasteiger partial charge in [0.25, 0.3) is 5.69 Å². The Morgan fingerprint density at radius 2 is 2.29 bits per heavy atom. The minimum atomic E-state index is -0.584. The Morgan fingerprint density at radius 3 is 2.71 bits per heavy atom. The average molecular weight is 211 g/mol. The van der Waals surface area contributed by atoms with Crippen LogP contribution in [-0.4, -0.2) is 4.92 Å². The number of terminal acetylenes is 1. The monoisotopic (exact) mass is 210 g/mol. The highest BCUT2D eigenvalue weighted by atomic mass is 35.5. The van der Waals surface area contributed by atoms with E-state index in [2.05, 4.69) is 5.92 Å². The molecule has 0 saturated carbocycles. The van der Waals surface area contributed by atoms with Crippen LogP contribution in [0, 0.1) is 29.4 Å². The molecular weight excluding hydrogens is 204 g/mol. The van der Waals surface area contributed by atoms with Crippen molar-refractivity contribution < 1.29 is 4.92 Å². The minimum Gasteiger partial charge on any atom is -0.392 e. The number of benzene rings is 1. The van der Waals surface area contributed by atoms with Gasteiger partial charge in [0, 0.05) is 6.07 Å². The van der Waals surface area contributed by atoms with Crippen molar-refractivity contribution in [2.24, 2.45) is 0 Å². The Balaban J connectivity index is 3.61. The number of aryl methyl sites for hydroxylation is 1. The van der Waals surface area contributed by atoms with Crippen molar-refractivity contribution in [2.75, 3.05) is 5.73 Å². The lowest BCUT2D eigenvalue weighted by atomic mass is 10.1. The molecule has 1 aromatic rings. The molecule has 72 valence electrons. The first-order chi connectivity index (χ1) is 6.49. The summed E-state index contributed by atoms with van der Waals surface area (Å²) in [6, 6.07) is 1.30. The summed E-state index contributed by atoms with van der Waals surface area (Å²) in [4.78, 5) is 9.98. The number of anilines is 1. The van der Waals surface area contributed by atoms with Crippen molar-refractivity contribution in [3.8, 4) is 12.3 Å². The zero-order valence-electron chi connectivity index (χ0n) is 7.37. The second kappa shape index (κ2) is 3.56. The van der Waals surface area contributed by atoms with Crippen LogP contribution in [0.15, 0.2) is 6.07 Å². The van der Waals surface area contributed by atoms with E-state index in [0.29, 0.717) is 5.56 Å². The van der Waals surface area contributed by atoms with Gasteiger partial charge in [0.05, 0.1) is 15.5 Å². The van der Waals surface area contributed by atoms with Gasteiger partial charge in [-0.2, -0.15) is 0 Å².